The number of amides is 2. The molecule has 24 heavy (non-hydrogen) atoms. The average Bonchev–Trinajstić information content (AvgIpc) is 2.75. The quantitative estimate of drug-likeness (QED) is 0.491. The SMILES string of the molecule is CCCCCCCCN1C(=O)C(Cl)=C(c2ccc(C)cc2C)C1=O. The first-order valence-corrected chi connectivity index (χ1v) is 9.18. The summed E-state index contributed by atoms with van der Waals surface area (Å²) in [4.78, 5) is 26.4. The van der Waals surface area contributed by atoms with Gasteiger partial charge in [0.25, 0.3) is 11.8 Å². The molecule has 0 saturated heterocycles. The Morgan fingerprint density at radius 1 is 0.958 bits per heavy atom. The summed E-state index contributed by atoms with van der Waals surface area (Å²) in [5, 5.41) is 0.0536. The summed E-state index contributed by atoms with van der Waals surface area (Å²) >= 11 is 6.21. The van der Waals surface area contributed by atoms with Crippen LogP contribution < -0.4 is 0 Å². The van der Waals surface area contributed by atoms with E-state index in [1.54, 1.807) is 0 Å². The number of hydrogen-bond donors (Lipinski definition) is 0. The van der Waals surface area contributed by atoms with Crippen LogP contribution in [0.4, 0.5) is 0 Å². The van der Waals surface area contributed by atoms with E-state index in [1.807, 2.05) is 32.0 Å². The van der Waals surface area contributed by atoms with Crippen molar-refractivity contribution < 1.29 is 9.59 Å². The lowest BCUT2D eigenvalue weighted by molar-refractivity contribution is -0.136. The summed E-state index contributed by atoms with van der Waals surface area (Å²) in [6.45, 7) is 6.57. The van der Waals surface area contributed by atoms with Crippen LogP contribution in [0, 0.1) is 13.8 Å². The predicted molar refractivity (Wildman–Crippen MR) is 98.8 cm³/mol. The first-order chi connectivity index (χ1) is 11.5. The van der Waals surface area contributed by atoms with Crippen LogP contribution in [0.25, 0.3) is 5.57 Å². The third kappa shape index (κ3) is 4.07. The Morgan fingerprint density at radius 3 is 2.29 bits per heavy atom. The highest BCUT2D eigenvalue weighted by molar-refractivity contribution is 6.55. The smallest absolute Gasteiger partial charge is 0.273 e. The summed E-state index contributed by atoms with van der Waals surface area (Å²) in [5.41, 5.74) is 3.19. The van der Waals surface area contributed by atoms with Crippen LogP contribution in [0.15, 0.2) is 23.2 Å². The highest BCUT2D eigenvalue weighted by Crippen LogP contribution is 2.33. The lowest BCUT2D eigenvalue weighted by Gasteiger charge is -2.15. The van der Waals surface area contributed by atoms with Gasteiger partial charge in [0.15, 0.2) is 0 Å². The maximum atomic E-state index is 12.7. The van der Waals surface area contributed by atoms with Gasteiger partial charge < -0.3 is 0 Å². The topological polar surface area (TPSA) is 37.4 Å². The minimum Gasteiger partial charge on any atom is -0.274 e. The van der Waals surface area contributed by atoms with Crippen molar-refractivity contribution in [3.63, 3.8) is 0 Å². The third-order valence-electron chi connectivity index (χ3n) is 4.50. The molecule has 0 radical (unpaired) electrons. The first kappa shape index (κ1) is 18.7. The molecule has 1 heterocycles. The van der Waals surface area contributed by atoms with Crippen LogP contribution in [0.1, 0.15) is 62.1 Å². The fraction of sp³-hybridized carbons (Fsp3) is 0.500. The van der Waals surface area contributed by atoms with Crippen molar-refractivity contribution in [2.75, 3.05) is 6.54 Å². The number of carbonyl (C=O) groups is 2. The van der Waals surface area contributed by atoms with Gasteiger partial charge in [0, 0.05) is 6.54 Å². The summed E-state index contributed by atoms with van der Waals surface area (Å²) < 4.78 is 0. The Morgan fingerprint density at radius 2 is 1.62 bits per heavy atom. The minimum atomic E-state index is -0.356. The van der Waals surface area contributed by atoms with Crippen LogP contribution in [-0.4, -0.2) is 23.3 Å². The molecule has 2 rings (SSSR count). The molecular formula is C20H26ClNO2. The fourth-order valence-electron chi connectivity index (χ4n) is 3.13. The van der Waals surface area contributed by atoms with Crippen molar-refractivity contribution in [3.05, 3.63) is 39.9 Å². The summed E-state index contributed by atoms with van der Waals surface area (Å²) in [5.74, 6) is -0.615. The molecule has 3 nitrogen and oxygen atoms in total. The molecule has 0 bridgehead atoms. The third-order valence-corrected chi connectivity index (χ3v) is 4.85. The van der Waals surface area contributed by atoms with Gasteiger partial charge in [-0.05, 0) is 31.4 Å². The molecule has 0 atom stereocenters. The molecule has 1 aliphatic heterocycles. The Bertz CT molecular complexity index is 664. The maximum Gasteiger partial charge on any atom is 0.273 e. The second-order valence-corrected chi connectivity index (χ2v) is 6.92. The number of benzene rings is 1. The van der Waals surface area contributed by atoms with Crippen LogP contribution in [0.5, 0.6) is 0 Å². The van der Waals surface area contributed by atoms with Gasteiger partial charge in [0.05, 0.1) is 5.57 Å². The van der Waals surface area contributed by atoms with Crippen molar-refractivity contribution in [2.24, 2.45) is 0 Å². The molecule has 1 aromatic carbocycles. The Kier molecular flexibility index (Phi) is 6.61. The largest absolute Gasteiger partial charge is 0.274 e. The zero-order valence-corrected chi connectivity index (χ0v) is 15.6. The van der Waals surface area contributed by atoms with Gasteiger partial charge in [0.1, 0.15) is 5.03 Å². The highest BCUT2D eigenvalue weighted by atomic mass is 35.5. The normalized spacial score (nSPS) is 14.9. The number of nitrogens with zero attached hydrogens (tertiary/aromatic N) is 1. The first-order valence-electron chi connectivity index (χ1n) is 8.81. The van der Waals surface area contributed by atoms with Crippen LogP contribution >= 0.6 is 11.6 Å². The number of aryl methyl sites for hydroxylation is 2. The molecule has 0 aromatic heterocycles. The fourth-order valence-corrected chi connectivity index (χ4v) is 3.41. The molecule has 130 valence electrons. The number of halogens is 1. The molecule has 0 N–H and O–H groups in total. The van der Waals surface area contributed by atoms with Gasteiger partial charge in [-0.1, -0.05) is 74.4 Å². The second kappa shape index (κ2) is 8.48. The van der Waals surface area contributed by atoms with Crippen LogP contribution in [-0.2, 0) is 9.59 Å². The van der Waals surface area contributed by atoms with E-state index in [0.29, 0.717) is 12.1 Å². The predicted octanol–water partition coefficient (Wildman–Crippen LogP) is 4.98. The minimum absolute atomic E-state index is 0.0536. The summed E-state index contributed by atoms with van der Waals surface area (Å²) in [6, 6.07) is 5.82. The van der Waals surface area contributed by atoms with Gasteiger partial charge in [-0.15, -0.1) is 0 Å². The molecule has 0 fully saturated rings. The lowest BCUT2D eigenvalue weighted by atomic mass is 9.99. The maximum absolute atomic E-state index is 12.7. The molecule has 0 saturated carbocycles. The van der Waals surface area contributed by atoms with E-state index in [0.717, 1.165) is 36.0 Å². The van der Waals surface area contributed by atoms with Crippen LogP contribution in [0.3, 0.4) is 0 Å². The van der Waals surface area contributed by atoms with Gasteiger partial charge in [-0.2, -0.15) is 0 Å². The number of carbonyl (C=O) groups excluding carboxylic acids is 2. The van der Waals surface area contributed by atoms with Crippen molar-refractivity contribution >= 4 is 29.0 Å². The van der Waals surface area contributed by atoms with Gasteiger partial charge in [-0.25, -0.2) is 0 Å². The van der Waals surface area contributed by atoms with Crippen molar-refractivity contribution in [2.45, 2.75) is 59.3 Å². The number of imide groups is 1. The molecule has 1 aromatic rings. The number of hydrogen-bond acceptors (Lipinski definition) is 2. The van der Waals surface area contributed by atoms with E-state index >= 15 is 0 Å². The lowest BCUT2D eigenvalue weighted by Crippen LogP contribution is -2.32. The van der Waals surface area contributed by atoms with E-state index in [9.17, 15) is 9.59 Å². The van der Waals surface area contributed by atoms with Gasteiger partial charge >= 0.3 is 0 Å². The molecule has 4 heteroatoms. The summed E-state index contributed by atoms with van der Waals surface area (Å²) in [6.07, 6.45) is 6.69. The number of rotatable bonds is 8. The number of unbranched alkanes of at least 4 members (excludes halogenated alkanes) is 5. The Balaban J connectivity index is 2.04. The molecular weight excluding hydrogens is 322 g/mol. The van der Waals surface area contributed by atoms with Crippen LogP contribution in [0.2, 0.25) is 0 Å². The van der Waals surface area contributed by atoms with Gasteiger partial charge in [-0.3, -0.25) is 14.5 Å². The van der Waals surface area contributed by atoms with Crippen molar-refractivity contribution in [1.29, 1.82) is 0 Å². The van der Waals surface area contributed by atoms with E-state index in [-0.39, 0.29) is 16.8 Å². The molecule has 0 aliphatic carbocycles. The zero-order valence-electron chi connectivity index (χ0n) is 14.8. The highest BCUT2D eigenvalue weighted by Gasteiger charge is 2.38. The zero-order chi connectivity index (χ0) is 17.7. The molecule has 1 aliphatic rings. The van der Waals surface area contributed by atoms with Gasteiger partial charge in [0.2, 0.25) is 0 Å². The van der Waals surface area contributed by atoms with E-state index < -0.39 is 0 Å². The van der Waals surface area contributed by atoms with Crippen molar-refractivity contribution in [3.8, 4) is 0 Å². The van der Waals surface area contributed by atoms with E-state index in [2.05, 4.69) is 6.92 Å². The summed E-state index contributed by atoms with van der Waals surface area (Å²) in [7, 11) is 0. The van der Waals surface area contributed by atoms with E-state index in [4.69, 9.17) is 11.6 Å². The monoisotopic (exact) mass is 347 g/mol. The second-order valence-electron chi connectivity index (χ2n) is 6.54. The van der Waals surface area contributed by atoms with Crippen molar-refractivity contribution in [1.82, 2.24) is 4.90 Å². The molecule has 0 unspecified atom stereocenters. The average molecular weight is 348 g/mol. The Labute approximate surface area is 149 Å². The van der Waals surface area contributed by atoms with E-state index in [1.165, 1.54) is 24.2 Å². The molecule has 2 amide bonds. The molecule has 0 spiro atoms. The Hall–Kier alpha value is -1.61. The standard InChI is InChI=1S/C20H26ClNO2/c1-4-5-6-7-8-9-12-22-19(23)17(18(21)20(22)24)16-11-10-14(2)13-15(16)3/h10-11,13H,4-9,12H2,1-3H3.